The molecular formula is C14H26O4. The summed E-state index contributed by atoms with van der Waals surface area (Å²) in [6, 6.07) is 0. The van der Waals surface area contributed by atoms with Crippen LogP contribution in [0.25, 0.3) is 0 Å². The lowest BCUT2D eigenvalue weighted by Crippen LogP contribution is -2.25. The Bertz CT molecular complexity index is 240. The number of carboxylic acid groups (broad SMARTS) is 2. The van der Waals surface area contributed by atoms with E-state index in [-0.39, 0.29) is 5.92 Å². The molecule has 1 rings (SSSR count). The van der Waals surface area contributed by atoms with Gasteiger partial charge in [0.1, 0.15) is 0 Å². The molecule has 0 aromatic carbocycles. The highest BCUT2D eigenvalue weighted by Gasteiger charge is 2.28. The zero-order valence-corrected chi connectivity index (χ0v) is 11.5. The first kappa shape index (κ1) is 16.9. The Morgan fingerprint density at radius 3 is 2.06 bits per heavy atom. The molecule has 106 valence electrons. The SMILES string of the molecule is CC(=O)O.CCCCC(C(=O)O)C1CCCCC1. The molecule has 0 heterocycles. The van der Waals surface area contributed by atoms with Gasteiger partial charge in [-0.1, -0.05) is 39.0 Å². The molecule has 0 aliphatic heterocycles. The molecule has 18 heavy (non-hydrogen) atoms. The Balaban J connectivity index is 0.000000631. The molecule has 0 amide bonds. The smallest absolute Gasteiger partial charge is 0.306 e. The van der Waals surface area contributed by atoms with Crippen molar-refractivity contribution in [3.8, 4) is 0 Å². The first-order valence-electron chi connectivity index (χ1n) is 6.91. The topological polar surface area (TPSA) is 74.6 Å². The highest BCUT2D eigenvalue weighted by molar-refractivity contribution is 5.70. The van der Waals surface area contributed by atoms with E-state index in [1.165, 1.54) is 19.3 Å². The number of hydrogen-bond acceptors (Lipinski definition) is 2. The van der Waals surface area contributed by atoms with Gasteiger partial charge in [-0.25, -0.2) is 0 Å². The summed E-state index contributed by atoms with van der Waals surface area (Å²) >= 11 is 0. The van der Waals surface area contributed by atoms with Crippen LogP contribution in [-0.2, 0) is 9.59 Å². The maximum Gasteiger partial charge on any atom is 0.306 e. The van der Waals surface area contributed by atoms with Crippen LogP contribution >= 0.6 is 0 Å². The summed E-state index contributed by atoms with van der Waals surface area (Å²) in [7, 11) is 0. The van der Waals surface area contributed by atoms with Gasteiger partial charge >= 0.3 is 5.97 Å². The van der Waals surface area contributed by atoms with E-state index in [1.54, 1.807) is 0 Å². The average molecular weight is 258 g/mol. The Labute approximate surface area is 109 Å². The van der Waals surface area contributed by atoms with Crippen LogP contribution in [0.5, 0.6) is 0 Å². The molecule has 0 spiro atoms. The monoisotopic (exact) mass is 258 g/mol. The van der Waals surface area contributed by atoms with E-state index < -0.39 is 11.9 Å². The van der Waals surface area contributed by atoms with Crippen molar-refractivity contribution in [2.75, 3.05) is 0 Å². The summed E-state index contributed by atoms with van der Waals surface area (Å²) < 4.78 is 0. The Kier molecular flexibility index (Phi) is 9.33. The lowest BCUT2D eigenvalue weighted by molar-refractivity contribution is -0.144. The zero-order chi connectivity index (χ0) is 14.0. The molecule has 4 nitrogen and oxygen atoms in total. The van der Waals surface area contributed by atoms with Gasteiger partial charge < -0.3 is 10.2 Å². The Morgan fingerprint density at radius 2 is 1.67 bits per heavy atom. The quantitative estimate of drug-likeness (QED) is 0.790. The molecule has 0 bridgehead atoms. The van der Waals surface area contributed by atoms with Crippen molar-refractivity contribution in [3.05, 3.63) is 0 Å². The van der Waals surface area contributed by atoms with E-state index >= 15 is 0 Å². The molecule has 0 aromatic rings. The van der Waals surface area contributed by atoms with Crippen LogP contribution in [0.3, 0.4) is 0 Å². The molecule has 0 saturated heterocycles. The first-order chi connectivity index (χ1) is 8.49. The molecule has 4 heteroatoms. The summed E-state index contributed by atoms with van der Waals surface area (Å²) in [5.41, 5.74) is 0. The van der Waals surface area contributed by atoms with Crippen molar-refractivity contribution >= 4 is 11.9 Å². The van der Waals surface area contributed by atoms with E-state index in [2.05, 4.69) is 6.92 Å². The van der Waals surface area contributed by atoms with Crippen molar-refractivity contribution in [2.45, 2.75) is 65.2 Å². The lowest BCUT2D eigenvalue weighted by atomic mass is 9.78. The third-order valence-corrected chi connectivity index (χ3v) is 3.40. The fourth-order valence-corrected chi connectivity index (χ4v) is 2.52. The molecule has 0 radical (unpaired) electrons. The molecule has 2 N–H and O–H groups in total. The summed E-state index contributed by atoms with van der Waals surface area (Å²) in [6.45, 7) is 3.21. The predicted molar refractivity (Wildman–Crippen MR) is 70.5 cm³/mol. The second kappa shape index (κ2) is 9.92. The number of hydrogen-bond donors (Lipinski definition) is 2. The van der Waals surface area contributed by atoms with Crippen molar-refractivity contribution in [1.82, 2.24) is 0 Å². The maximum absolute atomic E-state index is 11.1. The molecule has 1 fully saturated rings. The van der Waals surface area contributed by atoms with E-state index in [9.17, 15) is 4.79 Å². The standard InChI is InChI=1S/C12H22O2.C2H4O2/c1-2-3-9-11(12(13)14)10-7-5-4-6-8-10;1-2(3)4/h10-11H,2-9H2,1H3,(H,13,14);1H3,(H,3,4). The molecule has 1 aliphatic rings. The summed E-state index contributed by atoms with van der Waals surface area (Å²) in [5.74, 6) is -0.992. The van der Waals surface area contributed by atoms with Gasteiger partial charge in [-0.15, -0.1) is 0 Å². The highest BCUT2D eigenvalue weighted by Crippen LogP contribution is 2.32. The minimum Gasteiger partial charge on any atom is -0.481 e. The molecular weight excluding hydrogens is 232 g/mol. The minimum atomic E-state index is -0.833. The van der Waals surface area contributed by atoms with Gasteiger partial charge in [-0.3, -0.25) is 9.59 Å². The number of carbonyl (C=O) groups is 2. The molecule has 1 aliphatic carbocycles. The zero-order valence-electron chi connectivity index (χ0n) is 11.5. The third kappa shape index (κ3) is 8.09. The highest BCUT2D eigenvalue weighted by atomic mass is 16.4. The van der Waals surface area contributed by atoms with Gasteiger partial charge in [-0.2, -0.15) is 0 Å². The number of carboxylic acids is 2. The van der Waals surface area contributed by atoms with Crippen LogP contribution in [-0.4, -0.2) is 22.2 Å². The Morgan fingerprint density at radius 1 is 1.17 bits per heavy atom. The summed E-state index contributed by atoms with van der Waals surface area (Å²) in [4.78, 5) is 20.1. The molecule has 0 aromatic heterocycles. The van der Waals surface area contributed by atoms with E-state index in [0.717, 1.165) is 39.0 Å². The summed E-state index contributed by atoms with van der Waals surface area (Å²) in [6.07, 6.45) is 9.11. The maximum atomic E-state index is 11.1. The molecule has 1 saturated carbocycles. The fraction of sp³-hybridized carbons (Fsp3) is 0.857. The largest absolute Gasteiger partial charge is 0.481 e. The van der Waals surface area contributed by atoms with Crippen LogP contribution in [0.1, 0.15) is 65.2 Å². The molecule has 1 atom stereocenters. The number of rotatable bonds is 5. The normalized spacial score (nSPS) is 17.4. The van der Waals surface area contributed by atoms with E-state index in [4.69, 9.17) is 15.0 Å². The van der Waals surface area contributed by atoms with Gasteiger partial charge in [0.05, 0.1) is 5.92 Å². The van der Waals surface area contributed by atoms with Crippen LogP contribution in [0.4, 0.5) is 0 Å². The van der Waals surface area contributed by atoms with Gasteiger partial charge in [0.2, 0.25) is 0 Å². The van der Waals surface area contributed by atoms with Gasteiger partial charge in [0, 0.05) is 6.92 Å². The Hall–Kier alpha value is -1.06. The fourth-order valence-electron chi connectivity index (χ4n) is 2.52. The van der Waals surface area contributed by atoms with Crippen LogP contribution in [0.15, 0.2) is 0 Å². The second-order valence-corrected chi connectivity index (χ2v) is 5.00. The minimum absolute atomic E-state index is 0.0600. The third-order valence-electron chi connectivity index (χ3n) is 3.40. The average Bonchev–Trinajstić information content (AvgIpc) is 2.30. The van der Waals surface area contributed by atoms with Crippen LogP contribution < -0.4 is 0 Å². The van der Waals surface area contributed by atoms with Crippen molar-refractivity contribution in [2.24, 2.45) is 11.8 Å². The number of aliphatic carboxylic acids is 2. The van der Waals surface area contributed by atoms with E-state index in [0.29, 0.717) is 5.92 Å². The van der Waals surface area contributed by atoms with Crippen molar-refractivity contribution in [3.63, 3.8) is 0 Å². The van der Waals surface area contributed by atoms with Crippen molar-refractivity contribution in [1.29, 1.82) is 0 Å². The number of unbranched alkanes of at least 4 members (excludes halogenated alkanes) is 1. The van der Waals surface area contributed by atoms with Gasteiger partial charge in [0.25, 0.3) is 5.97 Å². The van der Waals surface area contributed by atoms with Crippen LogP contribution in [0.2, 0.25) is 0 Å². The van der Waals surface area contributed by atoms with E-state index in [1.807, 2.05) is 0 Å². The van der Waals surface area contributed by atoms with Gasteiger partial charge in [0.15, 0.2) is 0 Å². The van der Waals surface area contributed by atoms with Crippen molar-refractivity contribution < 1.29 is 19.8 Å². The lowest BCUT2D eigenvalue weighted by Gasteiger charge is -2.27. The summed E-state index contributed by atoms with van der Waals surface area (Å²) in [5, 5.41) is 16.6. The first-order valence-corrected chi connectivity index (χ1v) is 6.91. The van der Waals surface area contributed by atoms with Crippen LogP contribution in [0, 0.1) is 11.8 Å². The van der Waals surface area contributed by atoms with Gasteiger partial charge in [-0.05, 0) is 25.2 Å². The second-order valence-electron chi connectivity index (χ2n) is 5.00. The predicted octanol–water partition coefficient (Wildman–Crippen LogP) is 3.55. The molecule has 1 unspecified atom stereocenters.